The van der Waals surface area contributed by atoms with Gasteiger partial charge >= 0.3 is 0 Å². The van der Waals surface area contributed by atoms with Crippen molar-refractivity contribution >= 4 is 23.6 Å². The van der Waals surface area contributed by atoms with Crippen molar-refractivity contribution in [3.8, 4) is 0 Å². The lowest BCUT2D eigenvalue weighted by Crippen LogP contribution is -2.52. The van der Waals surface area contributed by atoms with Gasteiger partial charge in [-0.05, 0) is 19.3 Å². The number of nitrogens with zero attached hydrogens (tertiary/aromatic N) is 1. The minimum atomic E-state index is -0.873. The van der Waals surface area contributed by atoms with Crippen LogP contribution in [-0.2, 0) is 19.2 Å². The van der Waals surface area contributed by atoms with Crippen molar-refractivity contribution in [2.75, 3.05) is 13.1 Å². The molecule has 9 heteroatoms. The number of likely N-dealkylation sites (tertiary alicyclic amines) is 1. The van der Waals surface area contributed by atoms with Gasteiger partial charge in [0, 0.05) is 13.0 Å². The lowest BCUT2D eigenvalue weighted by atomic mass is 10.1. The van der Waals surface area contributed by atoms with E-state index >= 15 is 0 Å². The van der Waals surface area contributed by atoms with Crippen LogP contribution in [0.3, 0.4) is 0 Å². The minimum absolute atomic E-state index is 0.0132. The molecular weight excluding hydrogens is 278 g/mol. The molecule has 1 aliphatic heterocycles. The maximum Gasteiger partial charge on any atom is 0.243 e. The number of carbonyl (C=O) groups is 4. The van der Waals surface area contributed by atoms with Crippen LogP contribution < -0.4 is 22.5 Å². The zero-order valence-electron chi connectivity index (χ0n) is 11.7. The zero-order valence-corrected chi connectivity index (χ0v) is 11.7. The van der Waals surface area contributed by atoms with Gasteiger partial charge in [0.15, 0.2) is 0 Å². The first-order chi connectivity index (χ1) is 9.82. The maximum atomic E-state index is 12.2. The van der Waals surface area contributed by atoms with Gasteiger partial charge in [0.1, 0.15) is 6.04 Å². The number of primary amides is 2. The fraction of sp³-hybridized carbons (Fsp3) is 0.667. The summed E-state index contributed by atoms with van der Waals surface area (Å²) in [7, 11) is 0. The summed E-state index contributed by atoms with van der Waals surface area (Å²) in [5.41, 5.74) is 15.7. The first kappa shape index (κ1) is 16.9. The number of hydrogen-bond acceptors (Lipinski definition) is 5. The van der Waals surface area contributed by atoms with E-state index in [2.05, 4.69) is 5.32 Å². The molecule has 0 aromatic heterocycles. The van der Waals surface area contributed by atoms with Crippen molar-refractivity contribution in [3.63, 3.8) is 0 Å². The summed E-state index contributed by atoms with van der Waals surface area (Å²) >= 11 is 0. The molecule has 9 nitrogen and oxygen atoms in total. The lowest BCUT2D eigenvalue weighted by Gasteiger charge is -2.26. The standard InChI is InChI=1S/C12H21N5O4/c13-7(3-4-9(14)18)12(21)17-5-1-2-8(17)11(20)16-6-10(15)19/h7-8H,1-6,13H2,(H2,14,18)(H2,15,19)(H,16,20)/t7-,8-/m0/s1. The van der Waals surface area contributed by atoms with Crippen molar-refractivity contribution in [1.29, 1.82) is 0 Å². The third-order valence-electron chi connectivity index (χ3n) is 3.29. The quantitative estimate of drug-likeness (QED) is 0.398. The highest BCUT2D eigenvalue weighted by atomic mass is 16.2. The van der Waals surface area contributed by atoms with Crippen LogP contribution in [0.1, 0.15) is 25.7 Å². The molecule has 4 amide bonds. The maximum absolute atomic E-state index is 12.2. The third-order valence-corrected chi connectivity index (χ3v) is 3.29. The van der Waals surface area contributed by atoms with Crippen LogP contribution in [0.5, 0.6) is 0 Å². The van der Waals surface area contributed by atoms with E-state index in [0.717, 1.165) is 0 Å². The highest BCUT2D eigenvalue weighted by molar-refractivity contribution is 5.92. The smallest absolute Gasteiger partial charge is 0.243 e. The van der Waals surface area contributed by atoms with Crippen LogP contribution in [0.15, 0.2) is 0 Å². The first-order valence-electron chi connectivity index (χ1n) is 6.73. The number of hydrogen-bond donors (Lipinski definition) is 4. The van der Waals surface area contributed by atoms with Crippen molar-refractivity contribution in [3.05, 3.63) is 0 Å². The highest BCUT2D eigenvalue weighted by Crippen LogP contribution is 2.19. The van der Waals surface area contributed by atoms with E-state index in [1.54, 1.807) is 0 Å². The molecule has 2 atom stereocenters. The molecule has 0 aromatic rings. The van der Waals surface area contributed by atoms with Crippen LogP contribution in [0, 0.1) is 0 Å². The predicted octanol–water partition coefficient (Wildman–Crippen LogP) is -2.83. The Labute approximate surface area is 122 Å². The minimum Gasteiger partial charge on any atom is -0.370 e. The molecule has 21 heavy (non-hydrogen) atoms. The molecule has 0 aliphatic carbocycles. The summed E-state index contributed by atoms with van der Waals surface area (Å²) in [5, 5.41) is 2.38. The van der Waals surface area contributed by atoms with Gasteiger partial charge in [-0.3, -0.25) is 19.2 Å². The van der Waals surface area contributed by atoms with E-state index < -0.39 is 35.7 Å². The monoisotopic (exact) mass is 299 g/mol. The molecular formula is C12H21N5O4. The lowest BCUT2D eigenvalue weighted by molar-refractivity contribution is -0.139. The largest absolute Gasteiger partial charge is 0.370 e. The summed E-state index contributed by atoms with van der Waals surface area (Å²) < 4.78 is 0. The van der Waals surface area contributed by atoms with Crippen molar-refractivity contribution in [2.24, 2.45) is 17.2 Å². The van der Waals surface area contributed by atoms with Crippen LogP contribution >= 0.6 is 0 Å². The molecule has 118 valence electrons. The molecule has 1 aliphatic rings. The Bertz CT molecular complexity index is 439. The molecule has 0 aromatic carbocycles. The van der Waals surface area contributed by atoms with Crippen molar-refractivity contribution in [1.82, 2.24) is 10.2 Å². The fourth-order valence-electron chi connectivity index (χ4n) is 2.23. The number of carbonyl (C=O) groups excluding carboxylic acids is 4. The Hall–Kier alpha value is -2.16. The second-order valence-corrected chi connectivity index (χ2v) is 4.99. The first-order valence-corrected chi connectivity index (χ1v) is 6.73. The second-order valence-electron chi connectivity index (χ2n) is 4.99. The van der Waals surface area contributed by atoms with Gasteiger partial charge in [-0.1, -0.05) is 0 Å². The summed E-state index contributed by atoms with van der Waals surface area (Å²) in [4.78, 5) is 46.8. The van der Waals surface area contributed by atoms with Crippen molar-refractivity contribution in [2.45, 2.75) is 37.8 Å². The van der Waals surface area contributed by atoms with Gasteiger partial charge in [-0.2, -0.15) is 0 Å². The number of nitrogens with two attached hydrogens (primary N) is 3. The van der Waals surface area contributed by atoms with Gasteiger partial charge in [0.2, 0.25) is 23.6 Å². The number of rotatable bonds is 7. The van der Waals surface area contributed by atoms with Crippen LogP contribution in [0.2, 0.25) is 0 Å². The van der Waals surface area contributed by atoms with E-state index in [1.807, 2.05) is 0 Å². The van der Waals surface area contributed by atoms with Gasteiger partial charge < -0.3 is 27.4 Å². The average molecular weight is 299 g/mol. The summed E-state index contributed by atoms with van der Waals surface area (Å²) in [6.45, 7) is 0.142. The second kappa shape index (κ2) is 7.58. The molecule has 1 fully saturated rings. The van der Waals surface area contributed by atoms with Crippen LogP contribution in [0.25, 0.3) is 0 Å². The van der Waals surface area contributed by atoms with E-state index in [-0.39, 0.29) is 19.4 Å². The summed E-state index contributed by atoms with van der Waals surface area (Å²) in [6, 6.07) is -1.53. The van der Waals surface area contributed by atoms with Gasteiger partial charge in [0.25, 0.3) is 0 Å². The van der Waals surface area contributed by atoms with Crippen LogP contribution in [-0.4, -0.2) is 53.7 Å². The Morgan fingerprint density at radius 3 is 2.43 bits per heavy atom. The molecule has 0 bridgehead atoms. The molecule has 1 saturated heterocycles. The summed E-state index contributed by atoms with van der Waals surface area (Å²) in [6.07, 6.45) is 1.32. The predicted molar refractivity (Wildman–Crippen MR) is 73.3 cm³/mol. The van der Waals surface area contributed by atoms with Gasteiger partial charge in [-0.25, -0.2) is 0 Å². The summed E-state index contributed by atoms with van der Waals surface area (Å²) in [5.74, 6) is -2.01. The normalized spacial score (nSPS) is 19.1. The van der Waals surface area contributed by atoms with Crippen LogP contribution in [0.4, 0.5) is 0 Å². The Kier molecular flexibility index (Phi) is 6.10. The zero-order chi connectivity index (χ0) is 16.0. The Morgan fingerprint density at radius 1 is 1.19 bits per heavy atom. The topological polar surface area (TPSA) is 162 Å². The van der Waals surface area contributed by atoms with E-state index in [4.69, 9.17) is 17.2 Å². The SMILES string of the molecule is NC(=O)CC[C@H](N)C(=O)N1CCC[C@H]1C(=O)NCC(N)=O. The average Bonchev–Trinajstić information content (AvgIpc) is 2.90. The van der Waals surface area contributed by atoms with E-state index in [0.29, 0.717) is 19.4 Å². The third kappa shape index (κ3) is 5.03. The number of amides is 4. The highest BCUT2D eigenvalue weighted by Gasteiger charge is 2.36. The van der Waals surface area contributed by atoms with Gasteiger partial charge in [0.05, 0.1) is 12.6 Å². The molecule has 1 rings (SSSR count). The fourth-order valence-corrected chi connectivity index (χ4v) is 2.23. The molecule has 0 spiro atoms. The van der Waals surface area contributed by atoms with E-state index in [1.165, 1.54) is 4.90 Å². The molecule has 1 heterocycles. The Morgan fingerprint density at radius 2 is 1.86 bits per heavy atom. The van der Waals surface area contributed by atoms with Gasteiger partial charge in [-0.15, -0.1) is 0 Å². The Balaban J connectivity index is 2.59. The number of nitrogens with one attached hydrogen (secondary N) is 1. The molecule has 0 unspecified atom stereocenters. The molecule has 0 saturated carbocycles. The molecule has 7 N–H and O–H groups in total. The van der Waals surface area contributed by atoms with E-state index in [9.17, 15) is 19.2 Å². The van der Waals surface area contributed by atoms with Crippen molar-refractivity contribution < 1.29 is 19.2 Å². The molecule has 0 radical (unpaired) electrons.